The Morgan fingerprint density at radius 3 is 2.16 bits per heavy atom. The summed E-state index contributed by atoms with van der Waals surface area (Å²) in [6.07, 6.45) is 15.3. The summed E-state index contributed by atoms with van der Waals surface area (Å²) < 4.78 is 2.48. The Hall–Kier alpha value is -6.06. The van der Waals surface area contributed by atoms with Gasteiger partial charge in [0, 0.05) is 45.3 Å². The predicted molar refractivity (Wildman–Crippen MR) is 202 cm³/mol. The number of benzene rings is 5. The molecule has 0 saturated heterocycles. The highest BCUT2D eigenvalue weighted by atomic mass is 15.0. The summed E-state index contributed by atoms with van der Waals surface area (Å²) in [6, 6.07) is 45.9. The van der Waals surface area contributed by atoms with Gasteiger partial charge in [0.05, 0.1) is 28.8 Å². The fourth-order valence-corrected chi connectivity index (χ4v) is 8.29. The van der Waals surface area contributed by atoms with Crippen molar-refractivity contribution in [1.29, 1.82) is 0 Å². The normalized spacial score (nSPS) is 17.2. The van der Waals surface area contributed by atoms with Crippen LogP contribution in [0, 0.1) is 0 Å². The highest BCUT2D eigenvalue weighted by Crippen LogP contribution is 2.48. The molecular formula is C46H33N3. The van der Waals surface area contributed by atoms with E-state index in [0.717, 1.165) is 41.1 Å². The number of hydrogen-bond donors (Lipinski definition) is 0. The molecule has 0 N–H and O–H groups in total. The highest BCUT2D eigenvalue weighted by molar-refractivity contribution is 6.01. The van der Waals surface area contributed by atoms with Crippen LogP contribution in [0.2, 0.25) is 0 Å². The standard InChI is InChI=1S/C46H33N3/c1-3-13-30(14-4-1)31-24-26-43-41(27-31)38-25-23-32(28-44(38)49(43)33-15-5-2-6-16-33)34-17-7-10-20-37(34)42-29-47-45-39-21-11-8-18-35(39)36-19-9-12-22-40(36)46(45)48-42/h1-23,25,27-29,35,39H,24,26H2. The average molecular weight is 628 g/mol. The molecule has 0 amide bonds. The van der Waals surface area contributed by atoms with Crippen molar-refractivity contribution in [2.75, 3.05) is 0 Å². The quantitative estimate of drug-likeness (QED) is 0.194. The van der Waals surface area contributed by atoms with Gasteiger partial charge in [-0.1, -0.05) is 133 Å². The molecule has 0 bridgehead atoms. The molecule has 7 aromatic rings. The first-order chi connectivity index (χ1) is 24.3. The molecule has 2 atom stereocenters. The van der Waals surface area contributed by atoms with Crippen LogP contribution in [0.3, 0.4) is 0 Å². The fourth-order valence-electron chi connectivity index (χ4n) is 8.29. The number of allylic oxidation sites excluding steroid dienone is 5. The minimum absolute atomic E-state index is 0.197. The van der Waals surface area contributed by atoms with Crippen molar-refractivity contribution in [2.24, 2.45) is 0 Å². The van der Waals surface area contributed by atoms with Gasteiger partial charge in [0.25, 0.3) is 0 Å². The fraction of sp³-hybridized carbons (Fsp3) is 0.0870. The monoisotopic (exact) mass is 627 g/mol. The molecule has 49 heavy (non-hydrogen) atoms. The maximum Gasteiger partial charge on any atom is 0.0934 e. The molecule has 2 unspecified atom stereocenters. The minimum Gasteiger partial charge on any atom is -0.313 e. The smallest absolute Gasteiger partial charge is 0.0934 e. The third-order valence-corrected chi connectivity index (χ3v) is 10.6. The summed E-state index contributed by atoms with van der Waals surface area (Å²) in [5.41, 5.74) is 16.7. The summed E-state index contributed by atoms with van der Waals surface area (Å²) in [4.78, 5) is 10.5. The lowest BCUT2D eigenvalue weighted by Crippen LogP contribution is -2.19. The van der Waals surface area contributed by atoms with Gasteiger partial charge in [0.2, 0.25) is 0 Å². The van der Waals surface area contributed by atoms with Crippen molar-refractivity contribution in [3.05, 3.63) is 186 Å². The van der Waals surface area contributed by atoms with Gasteiger partial charge >= 0.3 is 0 Å². The zero-order valence-electron chi connectivity index (χ0n) is 27.0. The van der Waals surface area contributed by atoms with Gasteiger partial charge < -0.3 is 4.57 Å². The van der Waals surface area contributed by atoms with E-state index in [1.165, 1.54) is 55.7 Å². The SMILES string of the molecule is C1=CC2c3ccccc3-c3nc(-c4ccccc4-c4ccc5c6c(n(-c7ccccc7)c5c4)CCC(c4ccccc4)=C6)cnc3C2C=C1. The van der Waals surface area contributed by atoms with E-state index in [1.54, 1.807) is 0 Å². The van der Waals surface area contributed by atoms with Crippen molar-refractivity contribution >= 4 is 22.6 Å². The van der Waals surface area contributed by atoms with E-state index in [2.05, 4.69) is 162 Å². The Morgan fingerprint density at radius 1 is 0.612 bits per heavy atom. The van der Waals surface area contributed by atoms with E-state index in [-0.39, 0.29) is 11.8 Å². The van der Waals surface area contributed by atoms with Gasteiger partial charge in [-0.05, 0) is 64.9 Å². The highest BCUT2D eigenvalue weighted by Gasteiger charge is 2.34. The van der Waals surface area contributed by atoms with Gasteiger partial charge in [0.1, 0.15) is 0 Å². The number of nitrogens with zero attached hydrogens (tertiary/aromatic N) is 3. The van der Waals surface area contributed by atoms with E-state index < -0.39 is 0 Å². The summed E-state index contributed by atoms with van der Waals surface area (Å²) >= 11 is 0. The molecule has 3 aliphatic carbocycles. The van der Waals surface area contributed by atoms with Crippen molar-refractivity contribution in [3.63, 3.8) is 0 Å². The van der Waals surface area contributed by atoms with Crippen LogP contribution < -0.4 is 0 Å². The Kier molecular flexibility index (Phi) is 6.45. The Balaban J connectivity index is 1.13. The number of hydrogen-bond acceptors (Lipinski definition) is 2. The molecule has 232 valence electrons. The van der Waals surface area contributed by atoms with Crippen molar-refractivity contribution in [2.45, 2.75) is 24.7 Å². The van der Waals surface area contributed by atoms with Crippen LogP contribution in [-0.2, 0) is 6.42 Å². The van der Waals surface area contributed by atoms with E-state index in [9.17, 15) is 0 Å². The number of aromatic nitrogens is 3. The maximum absolute atomic E-state index is 5.39. The minimum atomic E-state index is 0.197. The van der Waals surface area contributed by atoms with Crippen LogP contribution >= 0.6 is 0 Å². The van der Waals surface area contributed by atoms with Crippen LogP contribution in [-0.4, -0.2) is 14.5 Å². The molecule has 10 rings (SSSR count). The first-order valence-corrected chi connectivity index (χ1v) is 17.2. The zero-order chi connectivity index (χ0) is 32.3. The van der Waals surface area contributed by atoms with Gasteiger partial charge in [-0.25, -0.2) is 4.98 Å². The molecule has 5 aromatic carbocycles. The lowest BCUT2D eigenvalue weighted by Gasteiger charge is -2.32. The molecule has 0 aliphatic heterocycles. The third-order valence-electron chi connectivity index (χ3n) is 10.6. The summed E-state index contributed by atoms with van der Waals surface area (Å²) in [5, 5.41) is 1.28. The number of rotatable bonds is 4. The van der Waals surface area contributed by atoms with Crippen LogP contribution in [0.15, 0.2) is 158 Å². The molecule has 0 radical (unpaired) electrons. The largest absolute Gasteiger partial charge is 0.313 e. The van der Waals surface area contributed by atoms with E-state index in [4.69, 9.17) is 9.97 Å². The topological polar surface area (TPSA) is 30.7 Å². The Morgan fingerprint density at radius 2 is 1.33 bits per heavy atom. The van der Waals surface area contributed by atoms with Crippen LogP contribution in [0.25, 0.3) is 61.9 Å². The molecule has 3 heteroatoms. The first kappa shape index (κ1) is 28.0. The second kappa shape index (κ2) is 11.3. The van der Waals surface area contributed by atoms with Crippen LogP contribution in [0.4, 0.5) is 0 Å². The molecule has 0 spiro atoms. The lowest BCUT2D eigenvalue weighted by atomic mass is 9.73. The zero-order valence-corrected chi connectivity index (χ0v) is 27.0. The summed E-state index contributed by atoms with van der Waals surface area (Å²) in [7, 11) is 0. The summed E-state index contributed by atoms with van der Waals surface area (Å²) in [5.74, 6) is 0.487. The van der Waals surface area contributed by atoms with Crippen molar-refractivity contribution in [3.8, 4) is 39.3 Å². The second-order valence-electron chi connectivity index (χ2n) is 13.2. The van der Waals surface area contributed by atoms with E-state index >= 15 is 0 Å². The van der Waals surface area contributed by atoms with Crippen LogP contribution in [0.1, 0.15) is 46.3 Å². The second-order valence-corrected chi connectivity index (χ2v) is 13.2. The van der Waals surface area contributed by atoms with Gasteiger partial charge in [-0.3, -0.25) is 4.98 Å². The molecule has 2 aromatic heterocycles. The molecule has 3 nitrogen and oxygen atoms in total. The van der Waals surface area contributed by atoms with Gasteiger partial charge in [0.15, 0.2) is 0 Å². The predicted octanol–water partition coefficient (Wildman–Crippen LogP) is 11.2. The maximum atomic E-state index is 5.39. The van der Waals surface area contributed by atoms with Gasteiger partial charge in [-0.2, -0.15) is 0 Å². The molecule has 0 fully saturated rings. The van der Waals surface area contributed by atoms with Crippen molar-refractivity contribution in [1.82, 2.24) is 14.5 Å². The number of para-hydroxylation sites is 1. The first-order valence-electron chi connectivity index (χ1n) is 17.2. The van der Waals surface area contributed by atoms with Crippen molar-refractivity contribution < 1.29 is 0 Å². The average Bonchev–Trinajstić information content (AvgIpc) is 3.51. The van der Waals surface area contributed by atoms with Crippen LogP contribution in [0.5, 0.6) is 0 Å². The van der Waals surface area contributed by atoms with E-state index in [0.29, 0.717) is 0 Å². The lowest BCUT2D eigenvalue weighted by molar-refractivity contribution is 0.692. The molecular weight excluding hydrogens is 595 g/mol. The Labute approximate surface area is 286 Å². The molecule has 3 aliphatic rings. The summed E-state index contributed by atoms with van der Waals surface area (Å²) in [6.45, 7) is 0. The van der Waals surface area contributed by atoms with E-state index in [1.807, 2.05) is 6.20 Å². The Bertz CT molecular complexity index is 2500. The molecule has 0 saturated carbocycles. The van der Waals surface area contributed by atoms with Gasteiger partial charge in [-0.15, -0.1) is 0 Å². The molecule has 2 heterocycles. The number of fused-ring (bicyclic) bond motifs is 9. The third kappa shape index (κ3) is 4.50.